The summed E-state index contributed by atoms with van der Waals surface area (Å²) in [5.41, 5.74) is 10.8. The first-order chi connectivity index (χ1) is 9.93. The van der Waals surface area contributed by atoms with Gasteiger partial charge in [-0.25, -0.2) is 0 Å². The van der Waals surface area contributed by atoms with Crippen molar-refractivity contribution in [2.45, 2.75) is 65.9 Å². The van der Waals surface area contributed by atoms with Crippen LogP contribution in [0.4, 0.5) is 0 Å². The lowest BCUT2D eigenvalue weighted by molar-refractivity contribution is -0.0165. The van der Waals surface area contributed by atoms with Crippen LogP contribution in [0.5, 0.6) is 0 Å². The smallest absolute Gasteiger partial charge is 0.0861 e. The van der Waals surface area contributed by atoms with Gasteiger partial charge in [-0.15, -0.1) is 0 Å². The van der Waals surface area contributed by atoms with Crippen LogP contribution in [0, 0.1) is 32.1 Å². The highest BCUT2D eigenvalue weighted by atomic mass is 16.3. The number of aliphatic hydroxyl groups is 1. The third kappa shape index (κ3) is 3.17. The summed E-state index contributed by atoms with van der Waals surface area (Å²) in [6.07, 6.45) is 5.35. The average molecular weight is 289 g/mol. The van der Waals surface area contributed by atoms with Crippen LogP contribution in [0.2, 0.25) is 0 Å². The van der Waals surface area contributed by atoms with Crippen molar-refractivity contribution in [3.05, 3.63) is 34.4 Å². The number of aryl methyl sites for hydroxylation is 3. The molecular formula is C19H31NO. The molecule has 2 heteroatoms. The average Bonchev–Trinajstić information content (AvgIpc) is 2.50. The standard InChI is InChI=1S/C19H31NO/c1-5-16-7-6-8-19(11-16,12-20)18(21)17-10-14(3)13(2)9-15(17)4/h9-10,16,18,21H,5-8,11-12,20H2,1-4H3. The highest BCUT2D eigenvalue weighted by molar-refractivity contribution is 5.38. The van der Waals surface area contributed by atoms with Crippen molar-refractivity contribution in [2.24, 2.45) is 17.1 Å². The van der Waals surface area contributed by atoms with E-state index in [2.05, 4.69) is 39.8 Å². The molecule has 0 spiro atoms. The van der Waals surface area contributed by atoms with Gasteiger partial charge in [0, 0.05) is 12.0 Å². The normalized spacial score (nSPS) is 27.6. The molecule has 1 aromatic carbocycles. The van der Waals surface area contributed by atoms with Gasteiger partial charge in [-0.2, -0.15) is 0 Å². The van der Waals surface area contributed by atoms with Gasteiger partial charge in [-0.1, -0.05) is 38.3 Å². The molecule has 2 rings (SSSR count). The molecule has 0 heterocycles. The molecule has 3 atom stereocenters. The van der Waals surface area contributed by atoms with Gasteiger partial charge >= 0.3 is 0 Å². The Labute approximate surface area is 129 Å². The highest BCUT2D eigenvalue weighted by Crippen LogP contribution is 2.48. The summed E-state index contributed by atoms with van der Waals surface area (Å²) in [7, 11) is 0. The fraction of sp³-hybridized carbons (Fsp3) is 0.684. The molecule has 0 aliphatic heterocycles. The minimum absolute atomic E-state index is 0.134. The van der Waals surface area contributed by atoms with Gasteiger partial charge in [-0.3, -0.25) is 0 Å². The largest absolute Gasteiger partial charge is 0.388 e. The van der Waals surface area contributed by atoms with Crippen LogP contribution in [-0.4, -0.2) is 11.7 Å². The Balaban J connectivity index is 2.36. The molecule has 0 radical (unpaired) electrons. The van der Waals surface area contributed by atoms with E-state index in [0.29, 0.717) is 12.5 Å². The molecule has 0 amide bonds. The number of benzene rings is 1. The second kappa shape index (κ2) is 6.50. The molecule has 1 aliphatic rings. The highest BCUT2D eigenvalue weighted by Gasteiger charge is 2.41. The van der Waals surface area contributed by atoms with Crippen molar-refractivity contribution >= 4 is 0 Å². The van der Waals surface area contributed by atoms with Crippen molar-refractivity contribution in [3.8, 4) is 0 Å². The molecule has 1 fully saturated rings. The van der Waals surface area contributed by atoms with Crippen LogP contribution >= 0.6 is 0 Å². The van der Waals surface area contributed by atoms with Gasteiger partial charge in [0.2, 0.25) is 0 Å². The Bertz CT molecular complexity index is 497. The van der Waals surface area contributed by atoms with Crippen LogP contribution in [0.25, 0.3) is 0 Å². The summed E-state index contributed by atoms with van der Waals surface area (Å²) in [6, 6.07) is 4.36. The molecule has 118 valence electrons. The minimum Gasteiger partial charge on any atom is -0.388 e. The van der Waals surface area contributed by atoms with Crippen molar-refractivity contribution in [3.63, 3.8) is 0 Å². The maximum absolute atomic E-state index is 11.1. The van der Waals surface area contributed by atoms with E-state index in [4.69, 9.17) is 5.73 Å². The molecule has 3 N–H and O–H groups in total. The van der Waals surface area contributed by atoms with E-state index in [0.717, 1.165) is 18.4 Å². The SMILES string of the molecule is CCC1CCCC(CN)(C(O)c2cc(C)c(C)cc2C)C1. The van der Waals surface area contributed by atoms with E-state index in [1.807, 2.05) is 0 Å². The van der Waals surface area contributed by atoms with Crippen molar-refractivity contribution in [1.29, 1.82) is 0 Å². The summed E-state index contributed by atoms with van der Waals surface area (Å²) < 4.78 is 0. The molecule has 3 unspecified atom stereocenters. The maximum atomic E-state index is 11.1. The molecule has 0 saturated heterocycles. The van der Waals surface area contributed by atoms with E-state index in [9.17, 15) is 5.11 Å². The molecule has 0 aromatic heterocycles. The lowest BCUT2D eigenvalue weighted by atomic mass is 9.64. The van der Waals surface area contributed by atoms with E-state index < -0.39 is 6.10 Å². The first-order valence-corrected chi connectivity index (χ1v) is 8.39. The number of nitrogens with two attached hydrogens (primary N) is 1. The predicted octanol–water partition coefficient (Wildman–Crippen LogP) is 4.19. The summed E-state index contributed by atoms with van der Waals surface area (Å²) >= 11 is 0. The maximum Gasteiger partial charge on any atom is 0.0861 e. The van der Waals surface area contributed by atoms with E-state index >= 15 is 0 Å². The zero-order chi connectivity index (χ0) is 15.6. The Morgan fingerprint density at radius 3 is 2.52 bits per heavy atom. The molecule has 2 nitrogen and oxygen atoms in total. The van der Waals surface area contributed by atoms with Gasteiger partial charge in [0.1, 0.15) is 0 Å². The van der Waals surface area contributed by atoms with Crippen molar-refractivity contribution < 1.29 is 5.11 Å². The van der Waals surface area contributed by atoms with Crippen LogP contribution in [-0.2, 0) is 0 Å². The zero-order valence-corrected chi connectivity index (χ0v) is 14.1. The zero-order valence-electron chi connectivity index (χ0n) is 14.1. The van der Waals surface area contributed by atoms with Crippen LogP contribution in [0.3, 0.4) is 0 Å². The molecule has 21 heavy (non-hydrogen) atoms. The van der Waals surface area contributed by atoms with Crippen LogP contribution in [0.15, 0.2) is 12.1 Å². The predicted molar refractivity (Wildman–Crippen MR) is 89.3 cm³/mol. The van der Waals surface area contributed by atoms with E-state index in [1.165, 1.54) is 36.0 Å². The van der Waals surface area contributed by atoms with E-state index in [1.54, 1.807) is 0 Å². The van der Waals surface area contributed by atoms with Crippen LogP contribution < -0.4 is 5.73 Å². The minimum atomic E-state index is -0.434. The number of hydrogen-bond donors (Lipinski definition) is 2. The third-order valence-corrected chi connectivity index (χ3v) is 5.72. The topological polar surface area (TPSA) is 46.2 Å². The molecule has 1 saturated carbocycles. The van der Waals surface area contributed by atoms with Crippen molar-refractivity contribution in [2.75, 3.05) is 6.54 Å². The van der Waals surface area contributed by atoms with Gasteiger partial charge in [0.05, 0.1) is 6.10 Å². The van der Waals surface area contributed by atoms with Crippen LogP contribution in [0.1, 0.15) is 67.4 Å². The summed E-state index contributed by atoms with van der Waals surface area (Å²) in [5.74, 6) is 0.712. The number of aliphatic hydroxyl groups excluding tert-OH is 1. The Kier molecular flexibility index (Phi) is 5.11. The molecular weight excluding hydrogens is 258 g/mol. The van der Waals surface area contributed by atoms with Gasteiger partial charge in [-0.05, 0) is 61.8 Å². The Morgan fingerprint density at radius 1 is 1.24 bits per heavy atom. The molecule has 1 aliphatic carbocycles. The van der Waals surface area contributed by atoms with Crippen molar-refractivity contribution in [1.82, 2.24) is 0 Å². The summed E-state index contributed by atoms with van der Waals surface area (Å²) in [4.78, 5) is 0. The molecule has 1 aromatic rings. The lowest BCUT2D eigenvalue weighted by Gasteiger charge is -2.44. The first-order valence-electron chi connectivity index (χ1n) is 8.39. The number of rotatable bonds is 4. The van der Waals surface area contributed by atoms with Gasteiger partial charge < -0.3 is 10.8 Å². The number of hydrogen-bond acceptors (Lipinski definition) is 2. The lowest BCUT2D eigenvalue weighted by Crippen LogP contribution is -2.41. The fourth-order valence-electron chi connectivity index (χ4n) is 4.02. The van der Waals surface area contributed by atoms with E-state index in [-0.39, 0.29) is 5.41 Å². The first kappa shape index (κ1) is 16.5. The fourth-order valence-corrected chi connectivity index (χ4v) is 4.02. The summed E-state index contributed by atoms with van der Waals surface area (Å²) in [6.45, 7) is 9.19. The van der Waals surface area contributed by atoms with Gasteiger partial charge in [0.15, 0.2) is 0 Å². The van der Waals surface area contributed by atoms with Gasteiger partial charge in [0.25, 0.3) is 0 Å². The summed E-state index contributed by atoms with van der Waals surface area (Å²) in [5, 5.41) is 11.1. The molecule has 0 bridgehead atoms. The second-order valence-corrected chi connectivity index (χ2v) is 7.13. The Hall–Kier alpha value is -0.860. The quantitative estimate of drug-likeness (QED) is 0.873. The second-order valence-electron chi connectivity index (χ2n) is 7.13. The third-order valence-electron chi connectivity index (χ3n) is 5.72. The Morgan fingerprint density at radius 2 is 1.90 bits per heavy atom. The monoisotopic (exact) mass is 289 g/mol.